The molecule has 5 rings (SSSR count). The number of carbonyl (C=O) groups excluding carboxylic acids is 1. The van der Waals surface area contributed by atoms with Gasteiger partial charge in [-0.25, -0.2) is 4.98 Å². The van der Waals surface area contributed by atoms with Crippen molar-refractivity contribution in [2.45, 2.75) is 71.8 Å². The van der Waals surface area contributed by atoms with Gasteiger partial charge in [0, 0.05) is 30.6 Å². The van der Waals surface area contributed by atoms with Gasteiger partial charge in [0.25, 0.3) is 5.91 Å². The molecule has 4 aromatic rings. The molecule has 0 atom stereocenters. The lowest BCUT2D eigenvalue weighted by molar-refractivity contribution is 0.0751. The Balaban J connectivity index is 1.48. The van der Waals surface area contributed by atoms with Gasteiger partial charge in [0.1, 0.15) is 5.58 Å². The van der Waals surface area contributed by atoms with E-state index in [-0.39, 0.29) is 5.91 Å². The van der Waals surface area contributed by atoms with E-state index in [1.165, 1.54) is 32.4 Å². The molecule has 38 heavy (non-hydrogen) atoms. The highest BCUT2D eigenvalue weighted by Crippen LogP contribution is 2.31. The summed E-state index contributed by atoms with van der Waals surface area (Å²) in [5, 5.41) is 1.08. The fourth-order valence-corrected chi connectivity index (χ4v) is 5.59. The molecule has 6 heteroatoms. The van der Waals surface area contributed by atoms with E-state index >= 15 is 0 Å². The molecular weight excluding hydrogens is 472 g/mol. The zero-order chi connectivity index (χ0) is 26.3. The van der Waals surface area contributed by atoms with Gasteiger partial charge in [0.15, 0.2) is 11.6 Å². The van der Waals surface area contributed by atoms with Crippen LogP contribution in [-0.4, -0.2) is 58.0 Å². The summed E-state index contributed by atoms with van der Waals surface area (Å²) in [6.07, 6.45) is 9.22. The average molecular weight is 515 g/mol. The number of unbranched alkanes of at least 4 members (excludes halogenated alkanes) is 2. The minimum absolute atomic E-state index is 0.125. The lowest BCUT2D eigenvalue weighted by Gasteiger charge is -2.26. The van der Waals surface area contributed by atoms with Crippen LogP contribution in [0, 0.1) is 0 Å². The van der Waals surface area contributed by atoms with Gasteiger partial charge in [-0.1, -0.05) is 51.3 Å². The summed E-state index contributed by atoms with van der Waals surface area (Å²) in [7, 11) is 0. The zero-order valence-electron chi connectivity index (χ0n) is 23.1. The highest BCUT2D eigenvalue weighted by Gasteiger charge is 2.21. The van der Waals surface area contributed by atoms with Crippen LogP contribution < -0.4 is 0 Å². The predicted octanol–water partition coefficient (Wildman–Crippen LogP) is 7.37. The van der Waals surface area contributed by atoms with E-state index < -0.39 is 0 Å². The number of furan rings is 1. The van der Waals surface area contributed by atoms with Crippen molar-refractivity contribution in [3.8, 4) is 11.6 Å². The molecular formula is C32H42N4O2. The predicted molar refractivity (Wildman–Crippen MR) is 156 cm³/mol. The van der Waals surface area contributed by atoms with Crippen LogP contribution in [0.5, 0.6) is 0 Å². The van der Waals surface area contributed by atoms with Crippen molar-refractivity contribution in [3.05, 3.63) is 54.1 Å². The third-order valence-corrected chi connectivity index (χ3v) is 7.80. The number of benzene rings is 2. The summed E-state index contributed by atoms with van der Waals surface area (Å²) < 4.78 is 8.53. The zero-order valence-corrected chi connectivity index (χ0v) is 23.1. The fourth-order valence-electron chi connectivity index (χ4n) is 5.59. The van der Waals surface area contributed by atoms with Gasteiger partial charge >= 0.3 is 0 Å². The Bertz CT molecular complexity index is 1310. The molecule has 0 bridgehead atoms. The summed E-state index contributed by atoms with van der Waals surface area (Å²) in [6, 6.07) is 16.2. The molecule has 0 radical (unpaired) electrons. The number of piperidine rings is 1. The highest BCUT2D eigenvalue weighted by molar-refractivity contribution is 5.98. The van der Waals surface area contributed by atoms with E-state index in [2.05, 4.69) is 41.5 Å². The number of hydrogen-bond acceptors (Lipinski definition) is 4. The molecule has 2 aromatic heterocycles. The van der Waals surface area contributed by atoms with Crippen molar-refractivity contribution in [2.75, 3.05) is 32.7 Å². The topological polar surface area (TPSA) is 54.5 Å². The minimum atomic E-state index is 0.125. The second-order valence-corrected chi connectivity index (χ2v) is 10.7. The fraction of sp³-hybridized carbons (Fsp3) is 0.500. The van der Waals surface area contributed by atoms with Crippen LogP contribution in [0.3, 0.4) is 0 Å². The Kier molecular flexibility index (Phi) is 8.79. The average Bonchev–Trinajstić information content (AvgIpc) is 3.54. The van der Waals surface area contributed by atoms with Crippen LogP contribution >= 0.6 is 0 Å². The first-order chi connectivity index (χ1) is 18.7. The molecule has 0 N–H and O–H groups in total. The largest absolute Gasteiger partial charge is 0.453 e. The summed E-state index contributed by atoms with van der Waals surface area (Å²) in [6.45, 7) is 10.3. The molecule has 1 saturated heterocycles. The van der Waals surface area contributed by atoms with Gasteiger partial charge in [-0.2, -0.15) is 0 Å². The molecule has 1 aliphatic rings. The Labute approximate surface area is 226 Å². The molecule has 0 spiro atoms. The minimum Gasteiger partial charge on any atom is -0.453 e. The number of amides is 1. The second-order valence-electron chi connectivity index (χ2n) is 10.7. The third-order valence-electron chi connectivity index (χ3n) is 7.80. The van der Waals surface area contributed by atoms with E-state index in [4.69, 9.17) is 9.40 Å². The van der Waals surface area contributed by atoms with E-state index in [1.807, 2.05) is 35.2 Å². The van der Waals surface area contributed by atoms with Gasteiger partial charge in [-0.15, -0.1) is 0 Å². The smallest absolute Gasteiger partial charge is 0.253 e. The number of hydrogen-bond donors (Lipinski definition) is 0. The van der Waals surface area contributed by atoms with Crippen molar-refractivity contribution in [1.82, 2.24) is 19.4 Å². The van der Waals surface area contributed by atoms with Crippen molar-refractivity contribution in [1.29, 1.82) is 0 Å². The first kappa shape index (κ1) is 26.5. The van der Waals surface area contributed by atoms with Gasteiger partial charge in [-0.05, 0) is 82.1 Å². The Morgan fingerprint density at radius 2 is 1.68 bits per heavy atom. The van der Waals surface area contributed by atoms with Crippen LogP contribution in [-0.2, 0) is 6.54 Å². The lowest BCUT2D eigenvalue weighted by Crippen LogP contribution is -2.33. The van der Waals surface area contributed by atoms with Crippen LogP contribution in [0.1, 0.15) is 75.6 Å². The Morgan fingerprint density at radius 1 is 0.921 bits per heavy atom. The maximum Gasteiger partial charge on any atom is 0.253 e. The van der Waals surface area contributed by atoms with Gasteiger partial charge in [-0.3, -0.25) is 4.79 Å². The summed E-state index contributed by atoms with van der Waals surface area (Å²) in [5.74, 6) is 1.74. The molecule has 1 fully saturated rings. The normalized spacial score (nSPS) is 14.5. The maximum absolute atomic E-state index is 13.6. The first-order valence-electron chi connectivity index (χ1n) is 14.7. The highest BCUT2D eigenvalue weighted by atomic mass is 16.3. The van der Waals surface area contributed by atoms with E-state index in [0.717, 1.165) is 97.4 Å². The number of nitrogens with zero attached hydrogens (tertiary/aromatic N) is 4. The monoisotopic (exact) mass is 514 g/mol. The van der Waals surface area contributed by atoms with Crippen LogP contribution in [0.15, 0.2) is 52.9 Å². The van der Waals surface area contributed by atoms with Crippen molar-refractivity contribution >= 4 is 27.9 Å². The molecule has 0 aliphatic carbocycles. The lowest BCUT2D eigenvalue weighted by atomic mass is 10.1. The second kappa shape index (κ2) is 12.6. The third kappa shape index (κ3) is 5.96. The van der Waals surface area contributed by atoms with Gasteiger partial charge in [0.2, 0.25) is 0 Å². The standard InChI is InChI=1S/C32H42N4O2/c1-3-5-20-35(21-6-4-2)32(37)26-15-16-27-28(23-26)36(22-12-19-34-17-10-7-11-18-34)31(33-27)30-24-25-13-8-9-14-29(25)38-30/h8-9,13-16,23-24H,3-7,10-12,17-22H2,1-2H3. The van der Waals surface area contributed by atoms with Crippen LogP contribution in [0.2, 0.25) is 0 Å². The molecule has 1 amide bonds. The number of carbonyl (C=O) groups is 1. The number of aromatic nitrogens is 2. The molecule has 1 aliphatic heterocycles. The molecule has 6 nitrogen and oxygen atoms in total. The number of rotatable bonds is 12. The van der Waals surface area contributed by atoms with Crippen LogP contribution in [0.4, 0.5) is 0 Å². The number of aryl methyl sites for hydroxylation is 1. The quantitative estimate of drug-likeness (QED) is 0.198. The molecule has 0 saturated carbocycles. The number of likely N-dealkylation sites (tertiary alicyclic amines) is 1. The summed E-state index contributed by atoms with van der Waals surface area (Å²) >= 11 is 0. The van der Waals surface area contributed by atoms with E-state index in [9.17, 15) is 4.79 Å². The van der Waals surface area contributed by atoms with Gasteiger partial charge < -0.3 is 18.8 Å². The van der Waals surface area contributed by atoms with Crippen molar-refractivity contribution in [2.24, 2.45) is 0 Å². The summed E-state index contributed by atoms with van der Waals surface area (Å²) in [4.78, 5) is 23.2. The number of imidazole rings is 1. The van der Waals surface area contributed by atoms with Crippen LogP contribution in [0.25, 0.3) is 33.6 Å². The van der Waals surface area contributed by atoms with E-state index in [1.54, 1.807) is 0 Å². The molecule has 3 heterocycles. The molecule has 2 aromatic carbocycles. The molecule has 0 unspecified atom stereocenters. The number of fused-ring (bicyclic) bond motifs is 2. The number of para-hydroxylation sites is 1. The van der Waals surface area contributed by atoms with E-state index in [0.29, 0.717) is 0 Å². The maximum atomic E-state index is 13.6. The molecule has 202 valence electrons. The Hall–Kier alpha value is -3.12. The first-order valence-corrected chi connectivity index (χ1v) is 14.7. The van der Waals surface area contributed by atoms with Crippen molar-refractivity contribution < 1.29 is 9.21 Å². The Morgan fingerprint density at radius 3 is 2.42 bits per heavy atom. The van der Waals surface area contributed by atoms with Crippen molar-refractivity contribution in [3.63, 3.8) is 0 Å². The summed E-state index contributed by atoms with van der Waals surface area (Å²) in [5.41, 5.74) is 3.53. The SMILES string of the molecule is CCCCN(CCCC)C(=O)c1ccc2nc(-c3cc4ccccc4o3)n(CCCN3CCCCC3)c2c1. The van der Waals surface area contributed by atoms with Gasteiger partial charge in [0.05, 0.1) is 11.0 Å².